The van der Waals surface area contributed by atoms with Gasteiger partial charge in [0.25, 0.3) is 0 Å². The van der Waals surface area contributed by atoms with Crippen molar-refractivity contribution in [3.8, 4) is 0 Å². The third kappa shape index (κ3) is 2.58. The van der Waals surface area contributed by atoms with Gasteiger partial charge in [0.15, 0.2) is 0 Å². The molecule has 6 heteroatoms. The molecule has 1 aromatic rings. The van der Waals surface area contributed by atoms with Crippen LogP contribution in [0.25, 0.3) is 0 Å². The maximum atomic E-state index is 13.7. The third-order valence-corrected chi connectivity index (χ3v) is 3.23. The number of aliphatic hydroxyl groups is 1. The number of halogens is 3. The fourth-order valence-electron chi connectivity index (χ4n) is 2.12. The number of rotatable bonds is 4. The summed E-state index contributed by atoms with van der Waals surface area (Å²) in [4.78, 5) is 12.0. The molecule has 2 N–H and O–H groups in total. The van der Waals surface area contributed by atoms with E-state index in [1.54, 1.807) is 0 Å². The number of hydrogen-bond acceptors (Lipinski definition) is 2. The van der Waals surface area contributed by atoms with Crippen LogP contribution in [0.15, 0.2) is 12.1 Å². The molecule has 2 rings (SSSR count). The number of carbonyl (C=O) groups is 1. The molecular formula is C13H14F3NO2. The fourth-order valence-corrected chi connectivity index (χ4v) is 2.12. The highest BCUT2D eigenvalue weighted by Gasteiger charge is 2.54. The van der Waals surface area contributed by atoms with Crippen molar-refractivity contribution >= 4 is 5.91 Å². The van der Waals surface area contributed by atoms with E-state index in [1.807, 2.05) is 0 Å². The zero-order valence-electron chi connectivity index (χ0n) is 10.3. The normalized spacial score (nSPS) is 17.9. The highest BCUT2D eigenvalue weighted by Crippen LogP contribution is 2.50. The van der Waals surface area contributed by atoms with E-state index in [2.05, 4.69) is 5.32 Å². The Morgan fingerprint density at radius 1 is 1.37 bits per heavy atom. The van der Waals surface area contributed by atoms with Gasteiger partial charge in [-0.25, -0.2) is 13.2 Å². The van der Waals surface area contributed by atoms with Crippen molar-refractivity contribution in [3.05, 3.63) is 35.1 Å². The molecule has 3 nitrogen and oxygen atoms in total. The summed E-state index contributed by atoms with van der Waals surface area (Å²) in [6, 6.07) is 1.14. The molecule has 0 aromatic heterocycles. The van der Waals surface area contributed by atoms with Gasteiger partial charge in [-0.1, -0.05) is 0 Å². The maximum absolute atomic E-state index is 13.7. The van der Waals surface area contributed by atoms with Crippen LogP contribution < -0.4 is 5.32 Å². The van der Waals surface area contributed by atoms with E-state index in [-0.39, 0.29) is 6.54 Å². The largest absolute Gasteiger partial charge is 0.392 e. The molecule has 0 saturated heterocycles. The molecule has 0 radical (unpaired) electrons. The van der Waals surface area contributed by atoms with Crippen LogP contribution in [0.5, 0.6) is 0 Å². The summed E-state index contributed by atoms with van der Waals surface area (Å²) in [5, 5.41) is 11.5. The van der Waals surface area contributed by atoms with Crippen LogP contribution in [0, 0.1) is 17.5 Å². The molecule has 1 aliphatic carbocycles. The van der Waals surface area contributed by atoms with Gasteiger partial charge in [-0.3, -0.25) is 4.79 Å². The van der Waals surface area contributed by atoms with Crippen LogP contribution >= 0.6 is 0 Å². The second-order valence-electron chi connectivity index (χ2n) is 4.89. The van der Waals surface area contributed by atoms with E-state index in [0.717, 1.165) is 0 Å². The average molecular weight is 273 g/mol. The van der Waals surface area contributed by atoms with Crippen LogP contribution in [0.2, 0.25) is 0 Å². The van der Waals surface area contributed by atoms with Gasteiger partial charge in [-0.05, 0) is 19.8 Å². The van der Waals surface area contributed by atoms with E-state index in [1.165, 1.54) is 6.92 Å². The predicted octanol–water partition coefficient (Wildman–Crippen LogP) is 1.63. The van der Waals surface area contributed by atoms with E-state index in [0.29, 0.717) is 25.0 Å². The fraction of sp³-hybridized carbons (Fsp3) is 0.462. The van der Waals surface area contributed by atoms with E-state index < -0.39 is 40.4 Å². The molecule has 1 aromatic carbocycles. The van der Waals surface area contributed by atoms with Gasteiger partial charge in [0.1, 0.15) is 17.5 Å². The third-order valence-electron chi connectivity index (χ3n) is 3.23. The van der Waals surface area contributed by atoms with Gasteiger partial charge in [0, 0.05) is 24.2 Å². The average Bonchev–Trinajstić information content (AvgIpc) is 3.05. The molecule has 1 fully saturated rings. The van der Waals surface area contributed by atoms with Crippen molar-refractivity contribution in [1.29, 1.82) is 0 Å². The van der Waals surface area contributed by atoms with Gasteiger partial charge >= 0.3 is 0 Å². The molecule has 1 aliphatic rings. The Hall–Kier alpha value is -1.56. The minimum absolute atomic E-state index is 0.00498. The first-order valence-electron chi connectivity index (χ1n) is 5.98. The predicted molar refractivity (Wildman–Crippen MR) is 61.9 cm³/mol. The number of hydrogen-bond donors (Lipinski definition) is 2. The van der Waals surface area contributed by atoms with Gasteiger partial charge < -0.3 is 10.4 Å². The molecule has 1 amide bonds. The SMILES string of the molecule is CC(O)CNC(=O)C1(c2c(F)cc(F)cc2F)CC1. The van der Waals surface area contributed by atoms with Crippen molar-refractivity contribution < 1.29 is 23.1 Å². The molecule has 19 heavy (non-hydrogen) atoms. The lowest BCUT2D eigenvalue weighted by Crippen LogP contribution is -2.39. The lowest BCUT2D eigenvalue weighted by molar-refractivity contribution is -0.124. The van der Waals surface area contributed by atoms with Gasteiger partial charge in [0.2, 0.25) is 5.91 Å². The molecule has 0 bridgehead atoms. The summed E-state index contributed by atoms with van der Waals surface area (Å²) in [7, 11) is 0. The molecular weight excluding hydrogens is 259 g/mol. The van der Waals surface area contributed by atoms with Gasteiger partial charge in [-0.2, -0.15) is 0 Å². The Balaban J connectivity index is 2.28. The van der Waals surface area contributed by atoms with Crippen molar-refractivity contribution in [2.45, 2.75) is 31.3 Å². The Bertz CT molecular complexity index is 490. The maximum Gasteiger partial charge on any atom is 0.230 e. The lowest BCUT2D eigenvalue weighted by atomic mass is 9.93. The minimum atomic E-state index is -1.27. The Morgan fingerprint density at radius 3 is 2.32 bits per heavy atom. The van der Waals surface area contributed by atoms with Crippen molar-refractivity contribution in [3.63, 3.8) is 0 Å². The Kier molecular flexibility index (Phi) is 3.54. The summed E-state index contributed by atoms with van der Waals surface area (Å²) in [5.41, 5.74) is -1.66. The van der Waals surface area contributed by atoms with Crippen LogP contribution in [0.1, 0.15) is 25.3 Å². The van der Waals surface area contributed by atoms with E-state index >= 15 is 0 Å². The van der Waals surface area contributed by atoms with Crippen molar-refractivity contribution in [2.24, 2.45) is 0 Å². The molecule has 0 spiro atoms. The first kappa shape index (κ1) is 13.9. The zero-order valence-corrected chi connectivity index (χ0v) is 10.3. The number of nitrogens with one attached hydrogen (secondary N) is 1. The topological polar surface area (TPSA) is 49.3 Å². The lowest BCUT2D eigenvalue weighted by Gasteiger charge is -2.18. The summed E-state index contributed by atoms with van der Waals surface area (Å²) in [6.07, 6.45) is -0.140. The van der Waals surface area contributed by atoms with Crippen molar-refractivity contribution in [2.75, 3.05) is 6.54 Å². The number of carbonyl (C=O) groups excluding carboxylic acids is 1. The first-order chi connectivity index (χ1) is 8.86. The summed E-state index contributed by atoms with van der Waals surface area (Å²) >= 11 is 0. The summed E-state index contributed by atoms with van der Waals surface area (Å²) in [6.45, 7) is 1.49. The van der Waals surface area contributed by atoms with Crippen molar-refractivity contribution in [1.82, 2.24) is 5.32 Å². The monoisotopic (exact) mass is 273 g/mol. The van der Waals surface area contributed by atoms with Crippen LogP contribution in [0.4, 0.5) is 13.2 Å². The summed E-state index contributed by atoms with van der Waals surface area (Å²) in [5.74, 6) is -3.67. The molecule has 1 unspecified atom stereocenters. The van der Waals surface area contributed by atoms with Crippen LogP contribution in [0.3, 0.4) is 0 Å². The molecule has 104 valence electrons. The quantitative estimate of drug-likeness (QED) is 0.876. The highest BCUT2D eigenvalue weighted by atomic mass is 19.1. The number of benzene rings is 1. The van der Waals surface area contributed by atoms with Crippen LogP contribution in [-0.2, 0) is 10.2 Å². The standard InChI is InChI=1S/C13H14F3NO2/c1-7(18)6-17-12(19)13(2-3-13)11-9(15)4-8(14)5-10(11)16/h4-5,7,18H,2-3,6H2,1H3,(H,17,19). The smallest absolute Gasteiger partial charge is 0.230 e. The minimum Gasteiger partial charge on any atom is -0.392 e. The molecule has 0 heterocycles. The zero-order chi connectivity index (χ0) is 14.2. The molecule has 1 saturated carbocycles. The van der Waals surface area contributed by atoms with Crippen LogP contribution in [-0.4, -0.2) is 23.7 Å². The van der Waals surface area contributed by atoms with E-state index in [4.69, 9.17) is 5.11 Å². The van der Waals surface area contributed by atoms with Gasteiger partial charge in [0.05, 0.1) is 11.5 Å². The van der Waals surface area contributed by atoms with E-state index in [9.17, 15) is 18.0 Å². The Labute approximate surface area is 108 Å². The highest BCUT2D eigenvalue weighted by molar-refractivity contribution is 5.91. The molecule has 1 atom stereocenters. The van der Waals surface area contributed by atoms with Gasteiger partial charge in [-0.15, -0.1) is 0 Å². The number of amides is 1. The second kappa shape index (κ2) is 4.85. The Morgan fingerprint density at radius 2 is 1.89 bits per heavy atom. The summed E-state index contributed by atoms with van der Waals surface area (Å²) < 4.78 is 40.3. The molecule has 0 aliphatic heterocycles. The second-order valence-corrected chi connectivity index (χ2v) is 4.89. The first-order valence-corrected chi connectivity index (χ1v) is 5.98. The number of aliphatic hydroxyl groups excluding tert-OH is 1.